The van der Waals surface area contributed by atoms with Crippen molar-refractivity contribution in [2.45, 2.75) is 110 Å². The van der Waals surface area contributed by atoms with E-state index in [4.69, 9.17) is 5.14 Å². The van der Waals surface area contributed by atoms with Crippen LogP contribution in [0.25, 0.3) is 0 Å². The Balaban J connectivity index is 0.000000160. The Hall–Kier alpha value is -12.9. The van der Waals surface area contributed by atoms with Crippen LogP contribution in [-0.4, -0.2) is 197 Å². The molecule has 9 aromatic carbocycles. The third-order valence-corrected chi connectivity index (χ3v) is 26.3. The minimum absolute atomic E-state index is 0.0195. The quantitative estimate of drug-likeness (QED) is 0.0533. The zero-order valence-electron chi connectivity index (χ0n) is 72.9. The summed E-state index contributed by atoms with van der Waals surface area (Å²) < 4.78 is 24.1. The van der Waals surface area contributed by atoms with Crippen LogP contribution >= 0.6 is 0 Å². The normalized spacial score (nSPS) is 16.0. The van der Waals surface area contributed by atoms with E-state index in [2.05, 4.69) is 109 Å². The number of amides is 5. The summed E-state index contributed by atoms with van der Waals surface area (Å²) in [6, 6.07) is 63.7. The number of nitrogens with one attached hydrogen (secondary N) is 4. The summed E-state index contributed by atoms with van der Waals surface area (Å²) in [7, 11) is -0.550. The zero-order chi connectivity index (χ0) is 87.9. The summed E-state index contributed by atoms with van der Waals surface area (Å²) in [6.07, 6.45) is 6.82. The maximum absolute atomic E-state index is 13.7. The Morgan fingerprint density at radius 2 is 0.685 bits per heavy atom. The molecule has 6 heterocycles. The molecule has 6 saturated heterocycles. The average molecular weight is 1690 g/mol. The molecule has 644 valence electrons. The number of benzene rings is 9. The Bertz CT molecular complexity index is 5650. The molecule has 9 aromatic rings. The van der Waals surface area contributed by atoms with Crippen molar-refractivity contribution < 1.29 is 32.4 Å². The van der Waals surface area contributed by atoms with E-state index in [0.717, 1.165) is 180 Å². The lowest BCUT2D eigenvalue weighted by Gasteiger charge is -2.37. The van der Waals surface area contributed by atoms with E-state index in [1.165, 1.54) is 17.2 Å². The van der Waals surface area contributed by atoms with Crippen LogP contribution in [0.3, 0.4) is 0 Å². The number of anilines is 8. The zero-order valence-corrected chi connectivity index (χ0v) is 73.7. The molecule has 15 rings (SSSR count). The van der Waals surface area contributed by atoms with E-state index in [9.17, 15) is 48.2 Å². The van der Waals surface area contributed by atoms with Crippen molar-refractivity contribution in [1.29, 1.82) is 15.8 Å². The number of piperidine rings is 3. The van der Waals surface area contributed by atoms with Gasteiger partial charge in [0.2, 0.25) is 10.0 Å². The molecule has 25 heteroatoms. The van der Waals surface area contributed by atoms with Gasteiger partial charge in [0, 0.05) is 183 Å². The second kappa shape index (κ2) is 40.4. The molecule has 124 heavy (non-hydrogen) atoms. The molecular formula is C99H115N17O7S. The average Bonchev–Trinajstić information content (AvgIpc) is 0.804. The molecule has 0 unspecified atom stereocenters. The molecule has 0 atom stereocenters. The van der Waals surface area contributed by atoms with Crippen molar-refractivity contribution in [3.63, 3.8) is 0 Å². The second-order valence-corrected chi connectivity index (χ2v) is 35.0. The number of sulfonamides is 1. The van der Waals surface area contributed by atoms with Crippen LogP contribution in [0.15, 0.2) is 181 Å². The number of rotatable bonds is 18. The number of hydrogen-bond donors (Lipinski definition) is 5. The number of nitrogens with two attached hydrogens (primary N) is 1. The number of nitrogens with zero attached hydrogens (tertiary/aromatic N) is 12. The first-order chi connectivity index (χ1) is 59.8. The topological polar surface area (TPSA) is 294 Å². The highest BCUT2D eigenvalue weighted by molar-refractivity contribution is 7.89. The van der Waals surface area contributed by atoms with Gasteiger partial charge in [0.1, 0.15) is 23.1 Å². The minimum atomic E-state index is -3.84. The van der Waals surface area contributed by atoms with Gasteiger partial charge in [-0.1, -0.05) is 90.5 Å². The van der Waals surface area contributed by atoms with Crippen LogP contribution in [0.1, 0.15) is 152 Å². The Labute approximate surface area is 730 Å². The predicted molar refractivity (Wildman–Crippen MR) is 494 cm³/mol. The van der Waals surface area contributed by atoms with E-state index >= 15 is 0 Å². The molecule has 24 nitrogen and oxygen atoms in total. The number of nitriles is 3. The standard InChI is InChI=1S/C34H40N6O2.C33H38N6O2.C32H37N5O3S/c1-23-9-10-32(29(19-23)33(41)36-4)39-15-17-40(18-16-39)34(42)28-21-30(25(3)20-24(28)2)37-27-11-13-38(14-12-27)31-8-6-5-7-26(31)22-35;1-23-20-24(2)29(36-26-12-14-37(15-13-26)30-10-6-4-8-25(30)22-34)21-28(23)33(41)39-18-16-38(17-19-39)31-11-7-5-9-27(31)32(40)35-3;1-23-19-24(2)28(21-27(23)20-25-11-13-35(14-12-25)29-8-4-3-7-26(29)22-33)32(38)37-17-15-36(16-18-37)30-9-5-6-10-31(30)41(34,39)40/h5-10,19-21,27,37H,11-18H2,1-4H3,(H,36,41);4-11,20-21,26,36H,12-19H2,1-3H3,(H,35,40);3-10,19,21,25H,11-18,20H2,1-2H3,(H2,34,39,40). The smallest absolute Gasteiger partial charge is 0.254 e. The summed E-state index contributed by atoms with van der Waals surface area (Å²) in [5.74, 6) is 0.437. The third-order valence-electron chi connectivity index (χ3n) is 25.3. The van der Waals surface area contributed by atoms with Crippen molar-refractivity contribution in [1.82, 2.24) is 25.3 Å². The van der Waals surface area contributed by atoms with Crippen LogP contribution in [0.5, 0.6) is 0 Å². The molecule has 5 amide bonds. The summed E-state index contributed by atoms with van der Waals surface area (Å²) in [4.78, 5) is 85.0. The highest BCUT2D eigenvalue weighted by atomic mass is 32.2. The summed E-state index contributed by atoms with van der Waals surface area (Å²) in [5.41, 5.74) is 21.8. The van der Waals surface area contributed by atoms with E-state index in [1.807, 2.05) is 175 Å². The molecule has 0 spiro atoms. The maximum atomic E-state index is 13.7. The van der Waals surface area contributed by atoms with Crippen molar-refractivity contribution in [2.24, 2.45) is 11.1 Å². The van der Waals surface area contributed by atoms with Gasteiger partial charge in [0.25, 0.3) is 29.5 Å². The van der Waals surface area contributed by atoms with Gasteiger partial charge in [-0.3, -0.25) is 24.0 Å². The molecule has 0 aromatic heterocycles. The maximum Gasteiger partial charge on any atom is 0.254 e. The lowest BCUT2D eigenvalue weighted by Crippen LogP contribution is -2.49. The first-order valence-corrected chi connectivity index (χ1v) is 44.8. The molecule has 6 aliphatic rings. The number of carbonyl (C=O) groups is 5. The highest BCUT2D eigenvalue weighted by Crippen LogP contribution is 2.36. The minimum Gasteiger partial charge on any atom is -0.382 e. The largest absolute Gasteiger partial charge is 0.382 e. The van der Waals surface area contributed by atoms with E-state index in [-0.39, 0.29) is 34.4 Å². The van der Waals surface area contributed by atoms with E-state index in [0.29, 0.717) is 124 Å². The van der Waals surface area contributed by atoms with Gasteiger partial charge < -0.3 is 65.4 Å². The molecular weight excluding hydrogens is 1570 g/mol. The van der Waals surface area contributed by atoms with Gasteiger partial charge in [0.05, 0.1) is 50.6 Å². The summed E-state index contributed by atoms with van der Waals surface area (Å²) in [5, 5.41) is 46.8. The Morgan fingerprint density at radius 3 is 1.09 bits per heavy atom. The van der Waals surface area contributed by atoms with Crippen molar-refractivity contribution in [3.05, 3.63) is 265 Å². The number of para-hydroxylation sites is 5. The lowest BCUT2D eigenvalue weighted by atomic mass is 9.86. The van der Waals surface area contributed by atoms with Crippen LogP contribution in [-0.2, 0) is 16.4 Å². The third kappa shape index (κ3) is 20.9. The van der Waals surface area contributed by atoms with Gasteiger partial charge >= 0.3 is 0 Å². The van der Waals surface area contributed by atoms with E-state index in [1.54, 1.807) is 32.3 Å². The molecule has 0 radical (unpaired) electrons. The molecule has 6 fully saturated rings. The van der Waals surface area contributed by atoms with Crippen LogP contribution in [0, 0.1) is 88.4 Å². The van der Waals surface area contributed by atoms with Crippen molar-refractivity contribution >= 4 is 85.1 Å². The molecule has 0 saturated carbocycles. The summed E-state index contributed by atoms with van der Waals surface area (Å²) in [6.45, 7) is 26.8. The first kappa shape index (κ1) is 88.9. The Kier molecular flexibility index (Phi) is 29.0. The van der Waals surface area contributed by atoms with Gasteiger partial charge in [-0.25, -0.2) is 13.6 Å². The van der Waals surface area contributed by atoms with Gasteiger partial charge in [-0.05, 0) is 229 Å². The molecule has 0 aliphatic carbocycles. The second-order valence-electron chi connectivity index (χ2n) is 33.4. The van der Waals surface area contributed by atoms with Crippen LogP contribution in [0.4, 0.5) is 45.5 Å². The molecule has 6 N–H and O–H groups in total. The fraction of sp³-hybridized carbons (Fsp3) is 0.374. The molecule has 0 bridgehead atoms. The SMILES string of the molecule is CNC(=O)c1cc(C)ccc1N1CCN(C(=O)c2cc(NC3CCN(c4ccccc4C#N)CC3)c(C)cc2C)CC1.CNC(=O)c1ccccc1N1CCN(C(=O)c2cc(NC3CCN(c4ccccc4C#N)CC3)c(C)cc2C)CC1.Cc1cc(C)c(C(=O)N2CCN(c3ccccc3S(N)(=O)=O)CC2)cc1CC1CCN(c2ccccc2C#N)CC1. The van der Waals surface area contributed by atoms with Gasteiger partial charge in [0.15, 0.2) is 0 Å². The van der Waals surface area contributed by atoms with Gasteiger partial charge in [-0.15, -0.1) is 0 Å². The number of primary sulfonamides is 1. The van der Waals surface area contributed by atoms with Gasteiger partial charge in [-0.2, -0.15) is 15.8 Å². The van der Waals surface area contributed by atoms with E-state index < -0.39 is 10.0 Å². The fourth-order valence-corrected chi connectivity index (χ4v) is 19.0. The predicted octanol–water partition coefficient (Wildman–Crippen LogP) is 13.7. The number of carbonyl (C=O) groups excluding carboxylic acids is 5. The number of piperazine rings is 3. The Morgan fingerprint density at radius 1 is 0.355 bits per heavy atom. The van der Waals surface area contributed by atoms with Crippen LogP contribution in [0.2, 0.25) is 0 Å². The number of hydrogen-bond acceptors (Lipinski definition) is 18. The van der Waals surface area contributed by atoms with Crippen molar-refractivity contribution in [3.8, 4) is 18.2 Å². The first-order valence-electron chi connectivity index (χ1n) is 43.3. The lowest BCUT2D eigenvalue weighted by molar-refractivity contribution is 0.0738. The highest BCUT2D eigenvalue weighted by Gasteiger charge is 2.33. The number of aryl methyl sites for hydroxylation is 7. The molecule has 6 aliphatic heterocycles. The summed E-state index contributed by atoms with van der Waals surface area (Å²) >= 11 is 0. The van der Waals surface area contributed by atoms with Crippen molar-refractivity contribution in [2.75, 3.05) is 172 Å². The van der Waals surface area contributed by atoms with Crippen LogP contribution < -0.4 is 55.8 Å². The fourth-order valence-electron chi connectivity index (χ4n) is 18.3. The monoisotopic (exact) mass is 1690 g/mol.